The van der Waals surface area contributed by atoms with E-state index in [1.165, 1.54) is 6.92 Å². The van der Waals surface area contributed by atoms with Crippen LogP contribution in [0.15, 0.2) is 0 Å². The van der Waals surface area contributed by atoms with E-state index in [4.69, 9.17) is 0 Å². The van der Waals surface area contributed by atoms with Crippen LogP contribution in [-0.2, 0) is 0 Å². The largest absolute Gasteiger partial charge is 0.278 e. The van der Waals surface area contributed by atoms with Crippen LogP contribution in [0.2, 0.25) is 0 Å². The summed E-state index contributed by atoms with van der Waals surface area (Å²) in [5, 5.41) is 0. The summed E-state index contributed by atoms with van der Waals surface area (Å²) in [6, 6.07) is 0. The van der Waals surface area contributed by atoms with E-state index in [1.54, 1.807) is 6.92 Å². The fourth-order valence-corrected chi connectivity index (χ4v) is 0.430. The zero-order valence-electron chi connectivity index (χ0n) is 5.63. The molecular weight excluding hydrogens is 129 g/mol. The van der Waals surface area contributed by atoms with E-state index in [0.717, 1.165) is 0 Å². The van der Waals surface area contributed by atoms with Crippen LogP contribution in [0.5, 0.6) is 0 Å². The molecule has 56 valence electrons. The smallest absolute Gasteiger partial charge is 0.244 e. The summed E-state index contributed by atoms with van der Waals surface area (Å²) in [4.78, 5) is 0. The lowest BCUT2D eigenvalue weighted by Gasteiger charge is -2.18. The highest BCUT2D eigenvalue weighted by Crippen LogP contribution is 2.26. The summed E-state index contributed by atoms with van der Waals surface area (Å²) < 4.78 is 35.8. The highest BCUT2D eigenvalue weighted by Gasteiger charge is 2.34. The molecule has 0 fully saturated rings. The molecule has 0 aromatic carbocycles. The van der Waals surface area contributed by atoms with E-state index >= 15 is 0 Å². The van der Waals surface area contributed by atoms with Gasteiger partial charge in [0.05, 0.1) is 0 Å². The van der Waals surface area contributed by atoms with Gasteiger partial charge in [-0.05, 0) is 6.42 Å². The summed E-state index contributed by atoms with van der Waals surface area (Å²) in [6.07, 6.45) is 0.316. The monoisotopic (exact) mass is 140 g/mol. The highest BCUT2D eigenvalue weighted by molar-refractivity contribution is 4.70. The third-order valence-corrected chi connectivity index (χ3v) is 1.51. The molecule has 0 heterocycles. The first-order valence-corrected chi connectivity index (χ1v) is 2.98. The van der Waals surface area contributed by atoms with Crippen LogP contribution < -0.4 is 0 Å². The van der Waals surface area contributed by atoms with E-state index in [2.05, 4.69) is 0 Å². The van der Waals surface area contributed by atoms with Gasteiger partial charge in [-0.3, -0.25) is 0 Å². The van der Waals surface area contributed by atoms with Gasteiger partial charge in [0.25, 0.3) is 5.92 Å². The molecule has 1 atom stereocenters. The Balaban J connectivity index is 3.80. The SMILES string of the molecule is CCC(C)C(F)(F)CF. The molecule has 3 heteroatoms. The lowest BCUT2D eigenvalue weighted by atomic mass is 10.0. The van der Waals surface area contributed by atoms with E-state index in [-0.39, 0.29) is 0 Å². The zero-order chi connectivity index (χ0) is 7.49. The molecule has 0 rings (SSSR count). The molecule has 0 spiro atoms. The van der Waals surface area contributed by atoms with Gasteiger partial charge in [-0.25, -0.2) is 13.2 Å². The number of hydrogen-bond acceptors (Lipinski definition) is 0. The number of alkyl halides is 3. The van der Waals surface area contributed by atoms with Crippen LogP contribution >= 0.6 is 0 Å². The molecule has 0 bridgehead atoms. The van der Waals surface area contributed by atoms with Crippen LogP contribution in [0.25, 0.3) is 0 Å². The van der Waals surface area contributed by atoms with Gasteiger partial charge in [0, 0.05) is 5.92 Å². The molecule has 1 unspecified atom stereocenters. The molecule has 0 radical (unpaired) electrons. The van der Waals surface area contributed by atoms with Gasteiger partial charge in [-0.15, -0.1) is 0 Å². The molecule has 9 heavy (non-hydrogen) atoms. The Kier molecular flexibility index (Phi) is 3.01. The maximum Gasteiger partial charge on any atom is 0.278 e. The summed E-state index contributed by atoms with van der Waals surface area (Å²) in [5.74, 6) is -3.96. The first kappa shape index (κ1) is 8.79. The molecule has 0 aromatic heterocycles. The number of rotatable bonds is 3. The van der Waals surface area contributed by atoms with Gasteiger partial charge in [0.1, 0.15) is 0 Å². The molecule has 0 N–H and O–H groups in total. The average molecular weight is 140 g/mol. The van der Waals surface area contributed by atoms with Crippen molar-refractivity contribution in [1.29, 1.82) is 0 Å². The predicted octanol–water partition coefficient (Wildman–Crippen LogP) is 2.64. The Bertz CT molecular complexity index is 80.4. The van der Waals surface area contributed by atoms with Crippen molar-refractivity contribution < 1.29 is 13.2 Å². The Morgan fingerprint density at radius 3 is 2.00 bits per heavy atom. The second-order valence-corrected chi connectivity index (χ2v) is 2.20. The summed E-state index contributed by atoms with van der Waals surface area (Å²) >= 11 is 0. The predicted molar refractivity (Wildman–Crippen MR) is 30.4 cm³/mol. The summed E-state index contributed by atoms with van der Waals surface area (Å²) in [7, 11) is 0. The van der Waals surface area contributed by atoms with Crippen LogP contribution in [-0.4, -0.2) is 12.6 Å². The summed E-state index contributed by atoms with van der Waals surface area (Å²) in [5.41, 5.74) is 0. The van der Waals surface area contributed by atoms with Gasteiger partial charge in [-0.1, -0.05) is 13.8 Å². The Labute approximate surface area is 53.1 Å². The molecule has 0 aliphatic carbocycles. The Morgan fingerprint density at radius 1 is 1.44 bits per heavy atom. The van der Waals surface area contributed by atoms with Crippen molar-refractivity contribution in [2.75, 3.05) is 6.67 Å². The van der Waals surface area contributed by atoms with E-state index in [9.17, 15) is 13.2 Å². The quantitative estimate of drug-likeness (QED) is 0.565. The van der Waals surface area contributed by atoms with E-state index < -0.39 is 18.5 Å². The van der Waals surface area contributed by atoms with Crippen molar-refractivity contribution in [2.45, 2.75) is 26.2 Å². The fourth-order valence-electron chi connectivity index (χ4n) is 0.430. The molecular formula is C6H11F3. The van der Waals surface area contributed by atoms with Crippen molar-refractivity contribution >= 4 is 0 Å². The molecule has 0 saturated carbocycles. The second-order valence-electron chi connectivity index (χ2n) is 2.20. The average Bonchev–Trinajstić information content (AvgIpc) is 1.86. The topological polar surface area (TPSA) is 0 Å². The van der Waals surface area contributed by atoms with Crippen LogP contribution in [0.1, 0.15) is 20.3 Å². The minimum absolute atomic E-state index is 0.316. The third-order valence-electron chi connectivity index (χ3n) is 1.51. The standard InChI is InChI=1S/C6H11F3/c1-3-5(2)6(8,9)4-7/h5H,3-4H2,1-2H3. The molecule has 0 aliphatic heterocycles. The van der Waals surface area contributed by atoms with Crippen molar-refractivity contribution in [2.24, 2.45) is 5.92 Å². The van der Waals surface area contributed by atoms with Gasteiger partial charge in [0.15, 0.2) is 6.67 Å². The lowest BCUT2D eigenvalue weighted by Crippen LogP contribution is -2.27. The fraction of sp³-hybridized carbons (Fsp3) is 1.00. The number of hydrogen-bond donors (Lipinski definition) is 0. The van der Waals surface area contributed by atoms with Crippen LogP contribution in [0, 0.1) is 5.92 Å². The van der Waals surface area contributed by atoms with E-state index in [0.29, 0.717) is 6.42 Å². The Morgan fingerprint density at radius 2 is 1.89 bits per heavy atom. The summed E-state index contributed by atoms with van der Waals surface area (Å²) in [6.45, 7) is 1.43. The minimum atomic E-state index is -3.12. The molecule has 0 aromatic rings. The van der Waals surface area contributed by atoms with Crippen molar-refractivity contribution in [3.63, 3.8) is 0 Å². The van der Waals surface area contributed by atoms with E-state index in [1.807, 2.05) is 0 Å². The lowest BCUT2D eigenvalue weighted by molar-refractivity contribution is -0.0708. The Hall–Kier alpha value is -0.210. The highest BCUT2D eigenvalue weighted by atomic mass is 19.3. The zero-order valence-corrected chi connectivity index (χ0v) is 5.63. The first-order valence-electron chi connectivity index (χ1n) is 2.98. The third kappa shape index (κ3) is 2.24. The normalized spacial score (nSPS) is 15.7. The van der Waals surface area contributed by atoms with Crippen LogP contribution in [0.3, 0.4) is 0 Å². The van der Waals surface area contributed by atoms with Gasteiger partial charge < -0.3 is 0 Å². The van der Waals surface area contributed by atoms with Crippen LogP contribution in [0.4, 0.5) is 13.2 Å². The minimum Gasteiger partial charge on any atom is -0.244 e. The molecule has 0 saturated heterocycles. The maximum absolute atomic E-state index is 12.2. The molecule has 0 nitrogen and oxygen atoms in total. The van der Waals surface area contributed by atoms with Crippen molar-refractivity contribution in [1.82, 2.24) is 0 Å². The van der Waals surface area contributed by atoms with Gasteiger partial charge in [-0.2, -0.15) is 0 Å². The molecule has 0 aliphatic rings. The number of halogens is 3. The van der Waals surface area contributed by atoms with Gasteiger partial charge >= 0.3 is 0 Å². The molecule has 0 amide bonds. The first-order chi connectivity index (χ1) is 4.04. The van der Waals surface area contributed by atoms with Crippen molar-refractivity contribution in [3.05, 3.63) is 0 Å². The van der Waals surface area contributed by atoms with Gasteiger partial charge in [0.2, 0.25) is 0 Å². The maximum atomic E-state index is 12.2. The van der Waals surface area contributed by atoms with Crippen molar-refractivity contribution in [3.8, 4) is 0 Å². The second kappa shape index (κ2) is 3.08.